The van der Waals surface area contributed by atoms with Crippen LogP contribution in [-0.2, 0) is 29.6 Å². The molecular formula is C57H58F3N9O6S. The number of piperidine rings is 1. The number of alkyl halides is 3. The monoisotopic (exact) mass is 1050 g/mol. The van der Waals surface area contributed by atoms with Gasteiger partial charge in [0.15, 0.2) is 10.8 Å². The minimum atomic E-state index is -4.45. The van der Waals surface area contributed by atoms with Crippen LogP contribution in [0.25, 0.3) is 32.2 Å². The van der Waals surface area contributed by atoms with Crippen LogP contribution in [0.3, 0.4) is 0 Å². The first-order valence-electron chi connectivity index (χ1n) is 26.0. The number of thiazole rings is 1. The van der Waals surface area contributed by atoms with Crippen LogP contribution in [0.15, 0.2) is 91.0 Å². The molecule has 4 aliphatic rings. The third-order valence-corrected chi connectivity index (χ3v) is 16.7. The van der Waals surface area contributed by atoms with Crippen molar-refractivity contribution >= 4 is 72.8 Å². The fourth-order valence-corrected chi connectivity index (χ4v) is 12.6. The van der Waals surface area contributed by atoms with Gasteiger partial charge in [-0.15, -0.1) is 0 Å². The van der Waals surface area contributed by atoms with E-state index in [0.29, 0.717) is 101 Å². The molecule has 1 aliphatic carbocycles. The highest BCUT2D eigenvalue weighted by atomic mass is 32.1. The third-order valence-electron chi connectivity index (χ3n) is 15.8. The number of para-hydroxylation sites is 1. The number of fused-ring (bicyclic) bond motifs is 3. The van der Waals surface area contributed by atoms with E-state index in [4.69, 9.17) is 9.72 Å². The average molecular weight is 1050 g/mol. The summed E-state index contributed by atoms with van der Waals surface area (Å²) in [7, 11) is 1.71. The average Bonchev–Trinajstić information content (AvgIpc) is 4.02. The lowest BCUT2D eigenvalue weighted by Gasteiger charge is -2.43. The van der Waals surface area contributed by atoms with Gasteiger partial charge >= 0.3 is 12.1 Å². The van der Waals surface area contributed by atoms with Crippen molar-refractivity contribution in [1.29, 1.82) is 0 Å². The lowest BCUT2D eigenvalue weighted by Crippen LogP contribution is -2.59. The van der Waals surface area contributed by atoms with Gasteiger partial charge in [-0.3, -0.25) is 34.6 Å². The number of ether oxygens (including phenoxy) is 1. The summed E-state index contributed by atoms with van der Waals surface area (Å²) in [5.41, 5.74) is 6.79. The van der Waals surface area contributed by atoms with Crippen molar-refractivity contribution in [3.8, 4) is 16.9 Å². The van der Waals surface area contributed by atoms with E-state index in [9.17, 15) is 37.5 Å². The smallest absolute Gasteiger partial charge is 0.409 e. The molecule has 0 bridgehead atoms. The molecule has 3 amide bonds. The van der Waals surface area contributed by atoms with E-state index >= 15 is 0 Å². The van der Waals surface area contributed by atoms with E-state index in [2.05, 4.69) is 20.7 Å². The fourth-order valence-electron chi connectivity index (χ4n) is 11.7. The van der Waals surface area contributed by atoms with E-state index in [1.54, 1.807) is 42.1 Å². The van der Waals surface area contributed by atoms with Crippen LogP contribution in [0.5, 0.6) is 5.75 Å². The van der Waals surface area contributed by atoms with Gasteiger partial charge in [-0.1, -0.05) is 47.7 Å². The largest absolute Gasteiger partial charge is 0.490 e. The first kappa shape index (κ1) is 50.8. The van der Waals surface area contributed by atoms with Crippen molar-refractivity contribution in [1.82, 2.24) is 30.0 Å². The Hall–Kier alpha value is -7.38. The molecule has 6 heterocycles. The number of pyridine rings is 1. The number of carbonyl (C=O) groups excluding carboxylic acids is 3. The van der Waals surface area contributed by atoms with Crippen LogP contribution >= 0.6 is 11.3 Å². The summed E-state index contributed by atoms with van der Waals surface area (Å²) in [5.74, 6) is -1.13. The minimum absolute atomic E-state index is 0.0324. The molecule has 4 aromatic carbocycles. The molecule has 394 valence electrons. The predicted molar refractivity (Wildman–Crippen MR) is 285 cm³/mol. The highest BCUT2D eigenvalue weighted by Gasteiger charge is 2.47. The molecule has 7 aromatic rings. The van der Waals surface area contributed by atoms with Gasteiger partial charge in [0.05, 0.1) is 33.4 Å². The molecule has 1 saturated carbocycles. The highest BCUT2D eigenvalue weighted by Crippen LogP contribution is 2.39. The standard InChI is InChI=1S/C57H58F3N9O6S/c1-33-38(39-21-23-49(62-52(39)55(73)74)68-27-25-35-9-5-11-40(43(35)31-68)53(71)64-56-61-44-12-3-4-14-47(44)76-56)10-6-13-46(33)75-37-18-15-34(16-19-37)8-7-26-67-28-29-69(48(32-67)57(58,59)60)36-17-20-41-45(30-36)66(2)65-51(41)42-22-24-50(70)63-54(42)72/h3-6,9-14,17,20-21,23,30,34,37,42,48H,7-8,15-16,18-19,22,24-29,31-32H2,1-2H3,(H,73,74)(H,61,64,71)(H,63,70,72)/t34?,37?,42-,48-/m1/s1. The molecule has 0 spiro atoms. The molecule has 3 aromatic heterocycles. The molecule has 0 radical (unpaired) electrons. The fraction of sp³-hybridized carbons (Fsp3) is 0.386. The number of anilines is 3. The lowest BCUT2D eigenvalue weighted by atomic mass is 9.84. The number of aromatic carboxylic acids is 1. The zero-order valence-electron chi connectivity index (χ0n) is 42.2. The molecule has 11 rings (SSSR count). The summed E-state index contributed by atoms with van der Waals surface area (Å²) in [6, 6.07) is 26.2. The Bertz CT molecular complexity index is 3360. The maximum atomic E-state index is 14.8. The van der Waals surface area contributed by atoms with Crippen LogP contribution in [0, 0.1) is 12.8 Å². The molecular weight excluding hydrogens is 996 g/mol. The van der Waals surface area contributed by atoms with Crippen molar-refractivity contribution < 1.29 is 42.2 Å². The number of carboxylic acid groups (broad SMARTS) is 1. The van der Waals surface area contributed by atoms with E-state index in [1.165, 1.54) is 16.2 Å². The third kappa shape index (κ3) is 10.3. The van der Waals surface area contributed by atoms with Gasteiger partial charge in [-0.25, -0.2) is 14.8 Å². The molecule has 3 fully saturated rings. The number of imide groups is 1. The second-order valence-electron chi connectivity index (χ2n) is 20.5. The first-order valence-corrected chi connectivity index (χ1v) is 26.9. The second kappa shape index (κ2) is 21.0. The van der Waals surface area contributed by atoms with Gasteiger partial charge in [-0.05, 0) is 148 Å². The van der Waals surface area contributed by atoms with Crippen molar-refractivity contribution in [3.05, 3.63) is 125 Å². The van der Waals surface area contributed by atoms with Crippen LogP contribution in [-0.4, -0.2) is 104 Å². The Balaban J connectivity index is 0.685. The number of amides is 3. The zero-order valence-corrected chi connectivity index (χ0v) is 43.1. The number of nitrogens with zero attached hydrogens (tertiary/aromatic N) is 7. The number of benzene rings is 4. The van der Waals surface area contributed by atoms with Crippen LogP contribution in [0.1, 0.15) is 101 Å². The number of piperazine rings is 1. The zero-order chi connectivity index (χ0) is 52.8. The van der Waals surface area contributed by atoms with Gasteiger partial charge < -0.3 is 19.6 Å². The summed E-state index contributed by atoms with van der Waals surface area (Å²) in [5, 5.41) is 21.7. The SMILES string of the molecule is Cc1c(OC2CCC(CCCN3CCN(c4ccc5c([C@H]6CCC(=O)NC6=O)nn(C)c5c4)[C@@H](C(F)(F)F)C3)CC2)cccc1-c1ccc(N2CCc3cccc(C(=O)Nc4nc5ccccc5s4)c3C2)nc1C(=O)O. The normalized spacial score (nSPS) is 20.4. The summed E-state index contributed by atoms with van der Waals surface area (Å²) in [6.45, 7) is 4.05. The predicted octanol–water partition coefficient (Wildman–Crippen LogP) is 10.1. The van der Waals surface area contributed by atoms with E-state index < -0.39 is 30.0 Å². The van der Waals surface area contributed by atoms with Crippen LogP contribution in [0.4, 0.5) is 29.8 Å². The molecule has 19 heteroatoms. The Morgan fingerprint density at radius 1 is 0.895 bits per heavy atom. The minimum Gasteiger partial charge on any atom is -0.490 e. The number of aryl methyl sites for hydroxylation is 1. The topological polar surface area (TPSA) is 175 Å². The lowest BCUT2D eigenvalue weighted by molar-refractivity contribution is -0.156. The number of carboxylic acids is 1. The molecule has 15 nitrogen and oxygen atoms in total. The number of nitrogens with one attached hydrogen (secondary N) is 2. The number of halogens is 3. The van der Waals surface area contributed by atoms with Gasteiger partial charge in [0.2, 0.25) is 11.8 Å². The quantitative estimate of drug-likeness (QED) is 0.0934. The van der Waals surface area contributed by atoms with Gasteiger partial charge in [0.1, 0.15) is 17.6 Å². The van der Waals surface area contributed by atoms with E-state index in [1.807, 2.05) is 77.4 Å². The maximum Gasteiger partial charge on any atom is 0.409 e. The first-order chi connectivity index (χ1) is 36.6. The summed E-state index contributed by atoms with van der Waals surface area (Å²) >= 11 is 1.42. The van der Waals surface area contributed by atoms with Gasteiger partial charge in [-0.2, -0.15) is 18.3 Å². The highest BCUT2D eigenvalue weighted by molar-refractivity contribution is 7.22. The van der Waals surface area contributed by atoms with Crippen molar-refractivity contribution in [2.24, 2.45) is 13.0 Å². The van der Waals surface area contributed by atoms with Gasteiger partial charge in [0.25, 0.3) is 5.91 Å². The number of rotatable bonds is 13. The van der Waals surface area contributed by atoms with Crippen molar-refractivity contribution in [2.45, 2.75) is 95.5 Å². The molecule has 3 N–H and O–H groups in total. The molecule has 76 heavy (non-hydrogen) atoms. The maximum absolute atomic E-state index is 14.8. The summed E-state index contributed by atoms with van der Waals surface area (Å²) in [4.78, 5) is 65.6. The van der Waals surface area contributed by atoms with E-state index in [-0.39, 0.29) is 43.1 Å². The Labute approximate surface area is 441 Å². The Kier molecular flexibility index (Phi) is 14.0. The van der Waals surface area contributed by atoms with Gasteiger partial charge in [0, 0.05) is 68.4 Å². The summed E-state index contributed by atoms with van der Waals surface area (Å²) < 4.78 is 53.5. The Morgan fingerprint density at radius 2 is 1.71 bits per heavy atom. The van der Waals surface area contributed by atoms with Crippen molar-refractivity contribution in [2.75, 3.05) is 47.8 Å². The number of hydrogen-bond acceptors (Lipinski definition) is 12. The Morgan fingerprint density at radius 3 is 2.50 bits per heavy atom. The van der Waals surface area contributed by atoms with E-state index in [0.717, 1.165) is 65.4 Å². The van der Waals surface area contributed by atoms with Crippen LogP contribution in [0.2, 0.25) is 0 Å². The second-order valence-corrected chi connectivity index (χ2v) is 21.6. The number of hydrogen-bond donors (Lipinski definition) is 3. The van der Waals surface area contributed by atoms with Crippen molar-refractivity contribution in [3.63, 3.8) is 0 Å². The molecule has 3 aliphatic heterocycles. The molecule has 2 saturated heterocycles. The molecule has 0 unspecified atom stereocenters. The molecule has 2 atom stereocenters. The van der Waals surface area contributed by atoms with Crippen LogP contribution < -0.4 is 25.2 Å². The number of aromatic nitrogens is 4. The summed E-state index contributed by atoms with van der Waals surface area (Å²) in [6.07, 6.45) is 1.95. The number of carbonyl (C=O) groups is 4.